The summed E-state index contributed by atoms with van der Waals surface area (Å²) >= 11 is 6.40. The van der Waals surface area contributed by atoms with Crippen LogP contribution in [0.15, 0.2) is 54.6 Å². The fraction of sp³-hybridized carbons (Fsp3) is 0.0909. The SMILES string of the molecule is COC(=O)c1cc(Oc2nc3cc(-c4ccc(F)cc4)c(Cl)cc3[nH]2)ccc1C. The van der Waals surface area contributed by atoms with E-state index in [1.54, 1.807) is 36.4 Å². The third-order valence-electron chi connectivity index (χ3n) is 4.53. The molecular formula is C22H16ClFN2O3. The first kappa shape index (κ1) is 19.0. The van der Waals surface area contributed by atoms with E-state index < -0.39 is 5.97 Å². The average Bonchev–Trinajstić information content (AvgIpc) is 3.10. The molecule has 1 aromatic heterocycles. The first-order valence-electron chi connectivity index (χ1n) is 8.76. The van der Waals surface area contributed by atoms with E-state index in [0.717, 1.165) is 16.7 Å². The second-order valence-electron chi connectivity index (χ2n) is 6.47. The summed E-state index contributed by atoms with van der Waals surface area (Å²) in [5, 5.41) is 0.502. The van der Waals surface area contributed by atoms with Gasteiger partial charge in [0.15, 0.2) is 0 Å². The molecule has 0 bridgehead atoms. The van der Waals surface area contributed by atoms with Gasteiger partial charge in [0, 0.05) is 5.56 Å². The van der Waals surface area contributed by atoms with Crippen LogP contribution in [0.4, 0.5) is 4.39 Å². The molecule has 5 nitrogen and oxygen atoms in total. The van der Waals surface area contributed by atoms with Crippen LogP contribution in [0.2, 0.25) is 5.02 Å². The lowest BCUT2D eigenvalue weighted by molar-refractivity contribution is 0.0599. The number of carbonyl (C=O) groups excluding carboxylic acids is 1. The summed E-state index contributed by atoms with van der Waals surface area (Å²) in [6, 6.07) is 15.0. The van der Waals surface area contributed by atoms with Crippen molar-refractivity contribution in [3.8, 4) is 22.9 Å². The van der Waals surface area contributed by atoms with Crippen LogP contribution in [0.3, 0.4) is 0 Å². The van der Waals surface area contributed by atoms with Crippen LogP contribution in [0, 0.1) is 12.7 Å². The van der Waals surface area contributed by atoms with Gasteiger partial charge in [0.2, 0.25) is 0 Å². The average molecular weight is 411 g/mol. The number of aromatic nitrogens is 2. The van der Waals surface area contributed by atoms with Gasteiger partial charge in [-0.05, 0) is 54.4 Å². The predicted octanol–water partition coefficient (Wildman–Crippen LogP) is 5.91. The summed E-state index contributed by atoms with van der Waals surface area (Å²) in [6.45, 7) is 1.82. The molecular weight excluding hydrogens is 395 g/mol. The van der Waals surface area contributed by atoms with Crippen molar-refractivity contribution in [1.82, 2.24) is 9.97 Å². The first-order valence-corrected chi connectivity index (χ1v) is 9.14. The Morgan fingerprint density at radius 1 is 1.10 bits per heavy atom. The second kappa shape index (κ2) is 7.56. The molecule has 146 valence electrons. The third-order valence-corrected chi connectivity index (χ3v) is 4.85. The van der Waals surface area contributed by atoms with Crippen molar-refractivity contribution < 1.29 is 18.7 Å². The molecule has 0 unspecified atom stereocenters. The number of fused-ring (bicyclic) bond motifs is 1. The molecule has 0 amide bonds. The molecule has 3 aromatic carbocycles. The maximum atomic E-state index is 13.2. The molecule has 1 N–H and O–H groups in total. The summed E-state index contributed by atoms with van der Waals surface area (Å²) in [7, 11) is 1.33. The summed E-state index contributed by atoms with van der Waals surface area (Å²) < 4.78 is 23.8. The van der Waals surface area contributed by atoms with Crippen LogP contribution in [0.1, 0.15) is 15.9 Å². The van der Waals surface area contributed by atoms with Gasteiger partial charge in [-0.3, -0.25) is 0 Å². The van der Waals surface area contributed by atoms with Gasteiger partial charge in [0.05, 0.1) is 28.7 Å². The third kappa shape index (κ3) is 3.79. The maximum Gasteiger partial charge on any atom is 0.338 e. The number of methoxy groups -OCH3 is 1. The van der Waals surface area contributed by atoms with Crippen molar-refractivity contribution in [2.45, 2.75) is 6.92 Å². The molecule has 0 fully saturated rings. The molecule has 29 heavy (non-hydrogen) atoms. The Morgan fingerprint density at radius 2 is 1.86 bits per heavy atom. The number of nitrogens with zero attached hydrogens (tertiary/aromatic N) is 1. The molecule has 0 aliphatic carbocycles. The number of nitrogens with one attached hydrogen (secondary N) is 1. The zero-order valence-corrected chi connectivity index (χ0v) is 16.4. The number of H-pyrrole nitrogens is 1. The highest BCUT2D eigenvalue weighted by atomic mass is 35.5. The number of rotatable bonds is 4. The summed E-state index contributed by atoms with van der Waals surface area (Å²) in [4.78, 5) is 19.4. The number of halogens is 2. The Kier molecular flexibility index (Phi) is 4.94. The molecule has 0 radical (unpaired) electrons. The molecule has 7 heteroatoms. The molecule has 0 aliphatic heterocycles. The Morgan fingerprint density at radius 3 is 2.59 bits per heavy atom. The van der Waals surface area contributed by atoms with Gasteiger partial charge < -0.3 is 14.5 Å². The minimum atomic E-state index is -0.437. The molecule has 0 spiro atoms. The van der Waals surface area contributed by atoms with Crippen LogP contribution in [0.5, 0.6) is 11.8 Å². The Labute approximate surface area is 171 Å². The quantitative estimate of drug-likeness (QED) is 0.425. The number of benzene rings is 3. The van der Waals surface area contributed by atoms with E-state index in [1.165, 1.54) is 19.2 Å². The lowest BCUT2D eigenvalue weighted by Crippen LogP contribution is -2.04. The number of imidazole rings is 1. The van der Waals surface area contributed by atoms with E-state index in [-0.39, 0.29) is 11.8 Å². The Hall–Kier alpha value is -3.38. The minimum Gasteiger partial charge on any atom is -0.465 e. The number of aromatic amines is 1. The van der Waals surface area contributed by atoms with E-state index in [4.69, 9.17) is 21.1 Å². The van der Waals surface area contributed by atoms with Gasteiger partial charge >= 0.3 is 5.97 Å². The monoisotopic (exact) mass is 410 g/mol. The van der Waals surface area contributed by atoms with Crippen LogP contribution >= 0.6 is 11.6 Å². The fourth-order valence-electron chi connectivity index (χ4n) is 3.01. The Balaban J connectivity index is 1.68. The molecule has 4 aromatic rings. The van der Waals surface area contributed by atoms with E-state index in [9.17, 15) is 9.18 Å². The largest absolute Gasteiger partial charge is 0.465 e. The topological polar surface area (TPSA) is 64.2 Å². The normalized spacial score (nSPS) is 10.9. The second-order valence-corrected chi connectivity index (χ2v) is 6.88. The van der Waals surface area contributed by atoms with Crippen LogP contribution in [-0.2, 0) is 4.74 Å². The van der Waals surface area contributed by atoms with Crippen molar-refractivity contribution in [3.63, 3.8) is 0 Å². The first-order chi connectivity index (χ1) is 13.9. The van der Waals surface area contributed by atoms with Gasteiger partial charge in [-0.15, -0.1) is 0 Å². The lowest BCUT2D eigenvalue weighted by Gasteiger charge is -2.07. The lowest BCUT2D eigenvalue weighted by atomic mass is 10.1. The van der Waals surface area contributed by atoms with Crippen molar-refractivity contribution in [1.29, 1.82) is 0 Å². The van der Waals surface area contributed by atoms with Crippen molar-refractivity contribution in [2.75, 3.05) is 7.11 Å². The van der Waals surface area contributed by atoms with Crippen molar-refractivity contribution in [3.05, 3.63) is 76.6 Å². The van der Waals surface area contributed by atoms with E-state index >= 15 is 0 Å². The van der Waals surface area contributed by atoms with E-state index in [2.05, 4.69) is 9.97 Å². The van der Waals surface area contributed by atoms with Crippen molar-refractivity contribution >= 4 is 28.6 Å². The molecule has 0 atom stereocenters. The van der Waals surface area contributed by atoms with Gasteiger partial charge in [0.1, 0.15) is 11.6 Å². The van der Waals surface area contributed by atoms with Crippen LogP contribution in [0.25, 0.3) is 22.2 Å². The minimum absolute atomic E-state index is 0.256. The predicted molar refractivity (Wildman–Crippen MR) is 109 cm³/mol. The number of esters is 1. The molecule has 0 saturated carbocycles. The van der Waals surface area contributed by atoms with Gasteiger partial charge in [-0.1, -0.05) is 29.8 Å². The molecule has 1 heterocycles. The van der Waals surface area contributed by atoms with E-state index in [1.807, 2.05) is 13.0 Å². The number of hydrogen-bond donors (Lipinski definition) is 1. The highest BCUT2D eigenvalue weighted by Crippen LogP contribution is 2.33. The maximum absolute atomic E-state index is 13.2. The highest BCUT2D eigenvalue weighted by Gasteiger charge is 2.14. The highest BCUT2D eigenvalue weighted by molar-refractivity contribution is 6.34. The van der Waals surface area contributed by atoms with E-state index in [0.29, 0.717) is 27.4 Å². The number of ether oxygens (including phenoxy) is 2. The smallest absolute Gasteiger partial charge is 0.338 e. The van der Waals surface area contributed by atoms with Gasteiger partial charge in [-0.2, -0.15) is 4.98 Å². The summed E-state index contributed by atoms with van der Waals surface area (Å²) in [5.74, 6) is -0.306. The summed E-state index contributed by atoms with van der Waals surface area (Å²) in [6.07, 6.45) is 0. The number of hydrogen-bond acceptors (Lipinski definition) is 4. The van der Waals surface area contributed by atoms with Gasteiger partial charge in [-0.25, -0.2) is 9.18 Å². The molecule has 4 rings (SSSR count). The standard InChI is InChI=1S/C22H16ClFN2O3/c1-12-3-8-15(9-16(12)21(27)28-2)29-22-25-19-10-17(18(23)11-20(19)26-22)13-4-6-14(24)7-5-13/h3-11H,1-2H3,(H,25,26). The number of carbonyl (C=O) groups is 1. The van der Waals surface area contributed by atoms with Crippen LogP contribution < -0.4 is 4.74 Å². The number of aryl methyl sites for hydroxylation is 1. The zero-order valence-electron chi connectivity index (χ0n) is 15.6. The summed E-state index contributed by atoms with van der Waals surface area (Å²) in [5.41, 5.74) is 4.05. The molecule has 0 aliphatic rings. The molecule has 0 saturated heterocycles. The van der Waals surface area contributed by atoms with Gasteiger partial charge in [0.25, 0.3) is 6.01 Å². The fourth-order valence-corrected chi connectivity index (χ4v) is 3.28. The Bertz CT molecular complexity index is 1220. The van der Waals surface area contributed by atoms with Crippen LogP contribution in [-0.4, -0.2) is 23.0 Å². The zero-order chi connectivity index (χ0) is 20.5. The van der Waals surface area contributed by atoms with Crippen molar-refractivity contribution in [2.24, 2.45) is 0 Å².